The van der Waals surface area contributed by atoms with Crippen LogP contribution in [0.25, 0.3) is 0 Å². The van der Waals surface area contributed by atoms with Crippen molar-refractivity contribution in [3.05, 3.63) is 0 Å². The number of halogens is 1. The van der Waals surface area contributed by atoms with Gasteiger partial charge in [-0.25, -0.2) is 0 Å². The van der Waals surface area contributed by atoms with Crippen LogP contribution in [0.15, 0.2) is 0 Å². The van der Waals surface area contributed by atoms with Gasteiger partial charge < -0.3 is 30.7 Å². The zero-order chi connectivity index (χ0) is 14.6. The fourth-order valence-electron chi connectivity index (χ4n) is 1.79. The Balaban J connectivity index is 2.56. The summed E-state index contributed by atoms with van der Waals surface area (Å²) in [5.41, 5.74) is 0. The van der Waals surface area contributed by atoms with Gasteiger partial charge in [0.15, 0.2) is 6.23 Å². The quantitative estimate of drug-likeness (QED) is 0.306. The molecule has 5 N–H and O–H groups in total. The lowest BCUT2D eigenvalue weighted by Gasteiger charge is -2.41. The van der Waals surface area contributed by atoms with Crippen LogP contribution < -0.4 is 10.6 Å². The number of hydrogen-bond donors (Lipinski definition) is 5. The molecular formula is C10H17BrN2O6. The molecule has 1 aliphatic rings. The van der Waals surface area contributed by atoms with Crippen molar-refractivity contribution < 1.29 is 29.6 Å². The summed E-state index contributed by atoms with van der Waals surface area (Å²) in [6, 6.07) is 0. The van der Waals surface area contributed by atoms with Crippen molar-refractivity contribution in [2.75, 3.05) is 13.2 Å². The standard InChI is InChI=1S/C10H17BrN2O6/c1-4-5(3-14)19-9(8(17)7(4)16)13-6(15)2-12-10(11)18/h4-5,7-9,14,16-17H,2-3H2,1H3,(H,12,18)(H,13,15)/t4-,5?,7+,8?,9+/m1/s1. The van der Waals surface area contributed by atoms with Gasteiger partial charge in [-0.3, -0.25) is 9.59 Å². The van der Waals surface area contributed by atoms with Crippen molar-refractivity contribution in [1.29, 1.82) is 0 Å². The Kier molecular flexibility index (Phi) is 6.14. The second kappa shape index (κ2) is 7.15. The van der Waals surface area contributed by atoms with Crippen molar-refractivity contribution in [2.24, 2.45) is 5.92 Å². The summed E-state index contributed by atoms with van der Waals surface area (Å²) in [4.78, 5) is 21.5. The van der Waals surface area contributed by atoms with Gasteiger partial charge in [0.25, 0.3) is 4.82 Å². The molecule has 9 heteroatoms. The summed E-state index contributed by atoms with van der Waals surface area (Å²) in [5.74, 6) is -1.05. The van der Waals surface area contributed by atoms with Crippen molar-refractivity contribution in [3.63, 3.8) is 0 Å². The van der Waals surface area contributed by atoms with Gasteiger partial charge in [-0.05, 0) is 0 Å². The molecule has 0 spiro atoms. The monoisotopic (exact) mass is 340 g/mol. The van der Waals surface area contributed by atoms with E-state index in [9.17, 15) is 19.8 Å². The second-order valence-corrected chi connectivity index (χ2v) is 5.03. The van der Waals surface area contributed by atoms with E-state index in [2.05, 4.69) is 26.6 Å². The maximum absolute atomic E-state index is 11.5. The first-order valence-corrected chi connectivity index (χ1v) is 6.51. The van der Waals surface area contributed by atoms with E-state index in [0.29, 0.717) is 0 Å². The Labute approximate surface area is 118 Å². The second-order valence-electron chi connectivity index (χ2n) is 4.31. The molecular weight excluding hydrogens is 324 g/mol. The fourth-order valence-corrected chi connectivity index (χ4v) is 1.93. The molecule has 8 nitrogen and oxygen atoms in total. The molecule has 1 fully saturated rings. The maximum atomic E-state index is 11.5. The molecule has 5 atom stereocenters. The third-order valence-corrected chi connectivity index (χ3v) is 3.26. The van der Waals surface area contributed by atoms with E-state index in [4.69, 9.17) is 9.84 Å². The Morgan fingerprint density at radius 3 is 2.47 bits per heavy atom. The van der Waals surface area contributed by atoms with Crippen LogP contribution in [-0.4, -0.2) is 63.7 Å². The van der Waals surface area contributed by atoms with Gasteiger partial charge in [0.1, 0.15) is 6.10 Å². The van der Waals surface area contributed by atoms with Crippen molar-refractivity contribution in [3.8, 4) is 0 Å². The Bertz CT molecular complexity index is 340. The fraction of sp³-hybridized carbons (Fsp3) is 0.800. The maximum Gasteiger partial charge on any atom is 0.287 e. The largest absolute Gasteiger partial charge is 0.394 e. The molecule has 110 valence electrons. The van der Waals surface area contributed by atoms with Gasteiger partial charge in [0, 0.05) is 21.8 Å². The average molecular weight is 341 g/mol. The molecule has 1 aliphatic heterocycles. The number of aliphatic hydroxyl groups excluding tert-OH is 3. The van der Waals surface area contributed by atoms with Gasteiger partial charge in [-0.2, -0.15) is 0 Å². The minimum absolute atomic E-state index is 0.300. The Morgan fingerprint density at radius 1 is 1.32 bits per heavy atom. The number of rotatable bonds is 4. The number of amides is 2. The van der Waals surface area contributed by atoms with E-state index in [0.717, 1.165) is 0 Å². The SMILES string of the molecule is C[C@@H]1C(CO)O[C@H](NC(=O)CNC(=O)Br)C(O)[C@H]1O. The van der Waals surface area contributed by atoms with E-state index in [1.54, 1.807) is 6.92 Å². The number of ether oxygens (including phenoxy) is 1. The minimum atomic E-state index is -1.30. The third-order valence-electron chi connectivity index (χ3n) is 2.98. The highest BCUT2D eigenvalue weighted by Crippen LogP contribution is 2.24. The number of aliphatic hydroxyl groups is 3. The first-order valence-electron chi connectivity index (χ1n) is 5.72. The van der Waals surface area contributed by atoms with Crippen LogP contribution in [0.2, 0.25) is 0 Å². The molecule has 0 aromatic carbocycles. The molecule has 0 saturated carbocycles. The van der Waals surface area contributed by atoms with Gasteiger partial charge in [-0.1, -0.05) is 6.92 Å². The number of carbonyl (C=O) groups is 2. The van der Waals surface area contributed by atoms with Crippen LogP contribution in [0, 0.1) is 5.92 Å². The zero-order valence-corrected chi connectivity index (χ0v) is 11.8. The van der Waals surface area contributed by atoms with Gasteiger partial charge in [0.2, 0.25) is 5.91 Å². The highest BCUT2D eigenvalue weighted by Gasteiger charge is 2.42. The van der Waals surface area contributed by atoms with Crippen LogP contribution in [0.5, 0.6) is 0 Å². The summed E-state index contributed by atoms with van der Waals surface area (Å²) >= 11 is 2.59. The summed E-state index contributed by atoms with van der Waals surface area (Å²) in [5, 5.41) is 33.2. The number of nitrogens with one attached hydrogen (secondary N) is 2. The molecule has 0 radical (unpaired) electrons. The van der Waals surface area contributed by atoms with Gasteiger partial charge >= 0.3 is 0 Å². The lowest BCUT2D eigenvalue weighted by atomic mass is 9.90. The summed E-state index contributed by atoms with van der Waals surface area (Å²) in [7, 11) is 0. The van der Waals surface area contributed by atoms with E-state index >= 15 is 0 Å². The van der Waals surface area contributed by atoms with Crippen LogP contribution in [0.3, 0.4) is 0 Å². The molecule has 0 aromatic rings. The first kappa shape index (κ1) is 16.3. The van der Waals surface area contributed by atoms with Crippen molar-refractivity contribution in [1.82, 2.24) is 10.6 Å². The van der Waals surface area contributed by atoms with Crippen LogP contribution >= 0.6 is 15.9 Å². The molecule has 0 bridgehead atoms. The zero-order valence-electron chi connectivity index (χ0n) is 10.2. The number of carbonyl (C=O) groups excluding carboxylic acids is 2. The molecule has 19 heavy (non-hydrogen) atoms. The van der Waals surface area contributed by atoms with E-state index in [1.165, 1.54) is 0 Å². The van der Waals surface area contributed by atoms with Crippen LogP contribution in [-0.2, 0) is 9.53 Å². The number of hydrogen-bond acceptors (Lipinski definition) is 6. The molecule has 1 rings (SSSR count). The molecule has 1 saturated heterocycles. The molecule has 2 unspecified atom stereocenters. The average Bonchev–Trinajstić information content (AvgIpc) is 2.37. The van der Waals surface area contributed by atoms with E-state index in [-0.39, 0.29) is 13.2 Å². The normalized spacial score (nSPS) is 34.7. The summed E-state index contributed by atoms with van der Waals surface area (Å²) < 4.78 is 5.29. The summed E-state index contributed by atoms with van der Waals surface area (Å²) in [6.07, 6.45) is -4.25. The van der Waals surface area contributed by atoms with Gasteiger partial charge in [0.05, 0.1) is 25.4 Å². The van der Waals surface area contributed by atoms with Gasteiger partial charge in [-0.15, -0.1) is 0 Å². The molecule has 2 amide bonds. The predicted octanol–water partition coefficient (Wildman–Crippen LogP) is -1.72. The van der Waals surface area contributed by atoms with E-state index in [1.807, 2.05) is 0 Å². The molecule has 0 aliphatic carbocycles. The first-order chi connectivity index (χ1) is 8.86. The highest BCUT2D eigenvalue weighted by atomic mass is 79.9. The van der Waals surface area contributed by atoms with E-state index < -0.39 is 41.2 Å². The third kappa shape index (κ3) is 4.39. The molecule has 1 heterocycles. The van der Waals surface area contributed by atoms with Crippen LogP contribution in [0.1, 0.15) is 6.92 Å². The van der Waals surface area contributed by atoms with Crippen molar-refractivity contribution >= 4 is 26.7 Å². The smallest absolute Gasteiger partial charge is 0.287 e. The summed E-state index contributed by atoms with van der Waals surface area (Å²) in [6.45, 7) is 0.986. The topological polar surface area (TPSA) is 128 Å². The van der Waals surface area contributed by atoms with Crippen molar-refractivity contribution in [2.45, 2.75) is 31.5 Å². The minimum Gasteiger partial charge on any atom is -0.394 e. The lowest BCUT2D eigenvalue weighted by molar-refractivity contribution is -0.213. The molecule has 0 aromatic heterocycles. The predicted molar refractivity (Wildman–Crippen MR) is 67.4 cm³/mol. The lowest BCUT2D eigenvalue weighted by Crippen LogP contribution is -2.61. The highest BCUT2D eigenvalue weighted by molar-refractivity contribution is 9.18. The Morgan fingerprint density at radius 2 is 1.95 bits per heavy atom. The van der Waals surface area contributed by atoms with Crippen LogP contribution in [0.4, 0.5) is 4.79 Å². The Hall–Kier alpha value is -0.740.